The number of nitrogens with one attached hydrogen (secondary N) is 3. The Balaban J connectivity index is 1.57. The molecule has 0 spiro atoms. The third-order valence-electron chi connectivity index (χ3n) is 6.29. The largest absolute Gasteiger partial charge is 0.352 e. The topological polar surface area (TPSA) is 92.2 Å². The maximum absolute atomic E-state index is 13.2. The first kappa shape index (κ1) is 29.5. The molecule has 0 aliphatic rings. The highest BCUT2D eigenvalue weighted by molar-refractivity contribution is 6.42. The fourth-order valence-electron chi connectivity index (χ4n) is 4.26. The van der Waals surface area contributed by atoms with Crippen molar-refractivity contribution in [3.8, 4) is 0 Å². The van der Waals surface area contributed by atoms with E-state index >= 15 is 0 Å². The van der Waals surface area contributed by atoms with Crippen LogP contribution in [-0.2, 0) is 11.3 Å². The first-order chi connectivity index (χ1) is 18.9. The molecule has 3 aromatic carbocycles. The highest BCUT2D eigenvalue weighted by Gasteiger charge is 2.19. The van der Waals surface area contributed by atoms with E-state index in [1.165, 1.54) is 0 Å². The van der Waals surface area contributed by atoms with Crippen molar-refractivity contribution in [2.75, 3.05) is 10.6 Å². The second-order valence-electron chi connectivity index (χ2n) is 9.99. The minimum absolute atomic E-state index is 0.00905. The van der Waals surface area contributed by atoms with Gasteiger partial charge in [0, 0.05) is 40.8 Å². The van der Waals surface area contributed by atoms with Crippen LogP contribution in [0.3, 0.4) is 0 Å². The molecule has 0 aliphatic heterocycles. The van der Waals surface area contributed by atoms with Gasteiger partial charge in [0.15, 0.2) is 0 Å². The molecule has 0 saturated heterocycles. The molecule has 0 unspecified atom stereocenters. The summed E-state index contributed by atoms with van der Waals surface area (Å²) in [5.41, 5.74) is 3.41. The monoisotopic (exact) mass is 598 g/mol. The number of benzene rings is 3. The van der Waals surface area contributed by atoms with Crippen LogP contribution < -0.4 is 16.0 Å². The van der Waals surface area contributed by atoms with E-state index in [1.807, 2.05) is 44.4 Å². The van der Waals surface area contributed by atoms with Crippen molar-refractivity contribution in [2.24, 2.45) is 5.92 Å². The van der Waals surface area contributed by atoms with Crippen LogP contribution in [0.1, 0.15) is 60.1 Å². The summed E-state index contributed by atoms with van der Waals surface area (Å²) in [4.78, 5) is 38.3. The van der Waals surface area contributed by atoms with Crippen LogP contribution in [0.4, 0.5) is 11.4 Å². The van der Waals surface area contributed by atoms with Crippen LogP contribution in [0.2, 0.25) is 15.1 Å². The van der Waals surface area contributed by atoms with Gasteiger partial charge in [-0.25, -0.2) is 0 Å². The minimum Gasteiger partial charge on any atom is -0.352 e. The van der Waals surface area contributed by atoms with E-state index in [0.29, 0.717) is 37.7 Å². The number of nitrogens with zero attached hydrogens (tertiary/aromatic N) is 1. The molecular formula is C30H29Cl3N4O3. The normalized spacial score (nSPS) is 11.2. The van der Waals surface area contributed by atoms with Crippen LogP contribution in [0, 0.1) is 5.92 Å². The van der Waals surface area contributed by atoms with Crippen molar-refractivity contribution in [1.82, 2.24) is 9.88 Å². The Morgan fingerprint density at radius 3 is 2.08 bits per heavy atom. The summed E-state index contributed by atoms with van der Waals surface area (Å²) in [7, 11) is 0. The second kappa shape index (κ2) is 12.3. The molecule has 3 N–H and O–H groups in total. The lowest BCUT2D eigenvalue weighted by Crippen LogP contribution is -2.27. The van der Waals surface area contributed by atoms with E-state index in [1.54, 1.807) is 48.5 Å². The van der Waals surface area contributed by atoms with Crippen molar-refractivity contribution < 1.29 is 14.4 Å². The summed E-state index contributed by atoms with van der Waals surface area (Å²) in [5, 5.41) is 10.4. The van der Waals surface area contributed by atoms with Gasteiger partial charge in [0.1, 0.15) is 5.69 Å². The lowest BCUT2D eigenvalue weighted by molar-refractivity contribution is -0.124. The molecule has 0 fully saturated rings. The maximum Gasteiger partial charge on any atom is 0.272 e. The quantitative estimate of drug-likeness (QED) is 0.192. The summed E-state index contributed by atoms with van der Waals surface area (Å²) in [6.45, 7) is 7.89. The van der Waals surface area contributed by atoms with Crippen molar-refractivity contribution in [2.45, 2.75) is 40.3 Å². The highest BCUT2D eigenvalue weighted by Crippen LogP contribution is 2.30. The molecule has 7 nitrogen and oxygen atoms in total. The van der Waals surface area contributed by atoms with Crippen LogP contribution in [0.15, 0.2) is 60.7 Å². The Labute approximate surface area is 247 Å². The van der Waals surface area contributed by atoms with Gasteiger partial charge in [-0.05, 0) is 74.0 Å². The zero-order valence-corrected chi connectivity index (χ0v) is 24.7. The summed E-state index contributed by atoms with van der Waals surface area (Å²) >= 11 is 18.4. The standard InChI is InChI=1S/C30H29Cl3N4O3/c1-16(2)28(38)34-15-18-5-8-23(31)22(11-18)29(39)35-20-7-10-26-19(12-20)13-27(37(26)17(3)4)30(40)36-21-6-9-24(32)25(33)14-21/h5-14,16-17H,15H2,1-4H3,(H,34,38)(H,35,39)(H,36,40). The van der Waals surface area contributed by atoms with E-state index in [2.05, 4.69) is 16.0 Å². The Kier molecular flexibility index (Phi) is 9.08. The first-order valence-corrected chi connectivity index (χ1v) is 13.9. The van der Waals surface area contributed by atoms with Gasteiger partial charge in [-0.1, -0.05) is 54.7 Å². The van der Waals surface area contributed by atoms with Crippen LogP contribution >= 0.6 is 34.8 Å². The Bertz CT molecular complexity index is 1610. The van der Waals surface area contributed by atoms with Crippen molar-refractivity contribution in [3.05, 3.63) is 92.6 Å². The molecule has 1 heterocycles. The fraction of sp³-hybridized carbons (Fsp3) is 0.233. The molecule has 0 atom stereocenters. The Morgan fingerprint density at radius 2 is 1.40 bits per heavy atom. The number of aromatic nitrogens is 1. The van der Waals surface area contributed by atoms with E-state index < -0.39 is 0 Å². The number of hydrogen-bond acceptors (Lipinski definition) is 3. The molecule has 0 bridgehead atoms. The lowest BCUT2D eigenvalue weighted by atomic mass is 10.1. The van der Waals surface area contributed by atoms with E-state index in [-0.39, 0.29) is 36.2 Å². The number of carbonyl (C=O) groups is 3. The molecule has 3 amide bonds. The number of anilines is 2. The number of hydrogen-bond donors (Lipinski definition) is 3. The highest BCUT2D eigenvalue weighted by atomic mass is 35.5. The number of carbonyl (C=O) groups excluding carboxylic acids is 3. The second-order valence-corrected chi connectivity index (χ2v) is 11.2. The predicted molar refractivity (Wildman–Crippen MR) is 163 cm³/mol. The summed E-state index contributed by atoms with van der Waals surface area (Å²) in [6.07, 6.45) is 0. The Morgan fingerprint density at radius 1 is 0.750 bits per heavy atom. The smallest absolute Gasteiger partial charge is 0.272 e. The molecule has 0 saturated carbocycles. The van der Waals surface area contributed by atoms with Gasteiger partial charge in [-0.2, -0.15) is 0 Å². The minimum atomic E-state index is -0.387. The van der Waals surface area contributed by atoms with Gasteiger partial charge in [-0.3, -0.25) is 14.4 Å². The number of amides is 3. The summed E-state index contributed by atoms with van der Waals surface area (Å²) in [6, 6.07) is 17.2. The average Bonchev–Trinajstić information content (AvgIpc) is 3.29. The molecule has 40 heavy (non-hydrogen) atoms. The van der Waals surface area contributed by atoms with Crippen molar-refractivity contribution in [1.29, 1.82) is 0 Å². The molecule has 10 heteroatoms. The van der Waals surface area contributed by atoms with E-state index in [4.69, 9.17) is 34.8 Å². The van der Waals surface area contributed by atoms with Crippen LogP contribution in [0.5, 0.6) is 0 Å². The Hall–Kier alpha value is -3.52. The zero-order chi connectivity index (χ0) is 29.1. The number of rotatable bonds is 8. The van der Waals surface area contributed by atoms with E-state index in [0.717, 1.165) is 16.5 Å². The molecule has 208 valence electrons. The molecule has 1 aromatic heterocycles. The predicted octanol–water partition coefficient (Wildman–Crippen LogP) is 7.96. The summed E-state index contributed by atoms with van der Waals surface area (Å²) < 4.78 is 1.93. The number of halogens is 3. The van der Waals surface area contributed by atoms with Gasteiger partial charge in [0.25, 0.3) is 11.8 Å². The molecule has 4 aromatic rings. The molecule has 4 rings (SSSR count). The molecular weight excluding hydrogens is 571 g/mol. The third kappa shape index (κ3) is 6.61. The first-order valence-electron chi connectivity index (χ1n) is 12.7. The van der Waals surface area contributed by atoms with Gasteiger partial charge in [0.05, 0.1) is 20.6 Å². The summed E-state index contributed by atoms with van der Waals surface area (Å²) in [5.74, 6) is -0.907. The zero-order valence-electron chi connectivity index (χ0n) is 22.4. The maximum atomic E-state index is 13.2. The van der Waals surface area contributed by atoms with Gasteiger partial charge < -0.3 is 20.5 Å². The molecule has 0 aliphatic carbocycles. The van der Waals surface area contributed by atoms with Crippen LogP contribution in [-0.4, -0.2) is 22.3 Å². The lowest BCUT2D eigenvalue weighted by Gasteiger charge is -2.15. The molecule has 0 radical (unpaired) electrons. The third-order valence-corrected chi connectivity index (χ3v) is 7.36. The fourth-order valence-corrected chi connectivity index (χ4v) is 4.76. The average molecular weight is 600 g/mol. The van der Waals surface area contributed by atoms with Gasteiger partial charge in [0.2, 0.25) is 5.91 Å². The van der Waals surface area contributed by atoms with E-state index in [9.17, 15) is 14.4 Å². The van der Waals surface area contributed by atoms with Crippen molar-refractivity contribution in [3.63, 3.8) is 0 Å². The van der Waals surface area contributed by atoms with Gasteiger partial charge >= 0.3 is 0 Å². The SMILES string of the molecule is CC(C)C(=O)NCc1ccc(Cl)c(C(=O)Nc2ccc3c(c2)cc(C(=O)Nc2ccc(Cl)c(Cl)c2)n3C(C)C)c1. The van der Waals surface area contributed by atoms with Crippen molar-refractivity contribution >= 4 is 74.8 Å². The number of fused-ring (bicyclic) bond motifs is 1. The van der Waals surface area contributed by atoms with Gasteiger partial charge in [-0.15, -0.1) is 0 Å². The van der Waals surface area contributed by atoms with Crippen LogP contribution in [0.25, 0.3) is 10.9 Å².